The molecule has 0 atom stereocenters. The summed E-state index contributed by atoms with van der Waals surface area (Å²) in [4.78, 5) is 2.33. The van der Waals surface area contributed by atoms with Crippen molar-refractivity contribution < 1.29 is 5.11 Å². The molecule has 0 bridgehead atoms. The molecule has 1 aliphatic carbocycles. The molecule has 0 saturated heterocycles. The van der Waals surface area contributed by atoms with Crippen molar-refractivity contribution in [2.24, 2.45) is 0 Å². The molecule has 0 aliphatic heterocycles. The van der Waals surface area contributed by atoms with Crippen LogP contribution in [0.4, 0.5) is 0 Å². The summed E-state index contributed by atoms with van der Waals surface area (Å²) in [6, 6.07) is 0. The Labute approximate surface area is 74.6 Å². The monoisotopic (exact) mass is 188 g/mol. The summed E-state index contributed by atoms with van der Waals surface area (Å²) < 4.78 is 0. The molecule has 0 saturated carbocycles. The zero-order valence-electron chi connectivity index (χ0n) is 6.06. The number of halogens is 1. The van der Waals surface area contributed by atoms with E-state index < -0.39 is 0 Å². The Morgan fingerprint density at radius 3 is 2.91 bits per heavy atom. The predicted octanol–water partition coefficient (Wildman–Crippen LogP) is 2.38. The van der Waals surface area contributed by atoms with Crippen LogP contribution in [0.2, 0.25) is 5.02 Å². The first kappa shape index (κ1) is 7.59. The fourth-order valence-corrected chi connectivity index (χ4v) is 3.11. The number of fused-ring (bicyclic) bond motifs is 1. The van der Waals surface area contributed by atoms with Gasteiger partial charge in [0.25, 0.3) is 0 Å². The minimum atomic E-state index is 0.0937. The highest BCUT2D eigenvalue weighted by Gasteiger charge is 2.19. The summed E-state index contributed by atoms with van der Waals surface area (Å²) in [5.41, 5.74) is 1.29. The number of rotatable bonds is 1. The molecule has 0 radical (unpaired) electrons. The minimum absolute atomic E-state index is 0.0937. The Morgan fingerprint density at radius 1 is 1.45 bits per heavy atom. The van der Waals surface area contributed by atoms with Gasteiger partial charge in [-0.2, -0.15) is 0 Å². The second-order valence-electron chi connectivity index (χ2n) is 2.75. The maximum absolute atomic E-state index is 8.90. The van der Waals surface area contributed by atoms with Crippen LogP contribution in [-0.4, -0.2) is 5.11 Å². The van der Waals surface area contributed by atoms with Crippen molar-refractivity contribution in [1.82, 2.24) is 0 Å². The van der Waals surface area contributed by atoms with Crippen LogP contribution < -0.4 is 0 Å². The number of aliphatic hydroxyl groups excluding tert-OH is 1. The first-order valence-electron chi connectivity index (χ1n) is 3.72. The zero-order valence-corrected chi connectivity index (χ0v) is 7.63. The minimum Gasteiger partial charge on any atom is -0.391 e. The van der Waals surface area contributed by atoms with E-state index >= 15 is 0 Å². The second kappa shape index (κ2) is 2.77. The Kier molecular flexibility index (Phi) is 1.91. The number of aryl methyl sites for hydroxylation is 1. The van der Waals surface area contributed by atoms with Gasteiger partial charge in [0.05, 0.1) is 11.6 Å². The van der Waals surface area contributed by atoms with Gasteiger partial charge in [-0.15, -0.1) is 11.3 Å². The number of hydrogen-bond donors (Lipinski definition) is 1. The van der Waals surface area contributed by atoms with Crippen molar-refractivity contribution in [1.29, 1.82) is 0 Å². The standard InChI is InChI=1S/C8H9ClOS/c9-8-5-2-1-3-6(5)11-7(8)4-10/h10H,1-4H2. The van der Waals surface area contributed by atoms with Crippen LogP contribution >= 0.6 is 22.9 Å². The van der Waals surface area contributed by atoms with Gasteiger partial charge in [-0.3, -0.25) is 0 Å². The largest absolute Gasteiger partial charge is 0.391 e. The Bertz CT molecular complexity index is 279. The highest BCUT2D eigenvalue weighted by Crippen LogP contribution is 2.38. The lowest BCUT2D eigenvalue weighted by atomic mass is 10.2. The molecule has 1 aliphatic rings. The molecule has 11 heavy (non-hydrogen) atoms. The van der Waals surface area contributed by atoms with Crippen LogP contribution in [0.3, 0.4) is 0 Å². The smallest absolute Gasteiger partial charge is 0.0789 e. The van der Waals surface area contributed by atoms with Crippen LogP contribution in [-0.2, 0) is 19.4 Å². The van der Waals surface area contributed by atoms with Crippen molar-refractivity contribution in [3.05, 3.63) is 20.3 Å². The van der Waals surface area contributed by atoms with E-state index in [-0.39, 0.29) is 6.61 Å². The maximum atomic E-state index is 8.90. The molecule has 1 N–H and O–H groups in total. The molecule has 0 spiro atoms. The summed E-state index contributed by atoms with van der Waals surface area (Å²) in [7, 11) is 0. The third kappa shape index (κ3) is 1.10. The van der Waals surface area contributed by atoms with Gasteiger partial charge in [0, 0.05) is 9.75 Å². The van der Waals surface area contributed by atoms with Crippen molar-refractivity contribution in [3.8, 4) is 0 Å². The van der Waals surface area contributed by atoms with Crippen LogP contribution in [0.5, 0.6) is 0 Å². The lowest BCUT2D eigenvalue weighted by Crippen LogP contribution is -1.79. The predicted molar refractivity (Wildman–Crippen MR) is 47.3 cm³/mol. The molecule has 1 aromatic rings. The van der Waals surface area contributed by atoms with E-state index in [4.69, 9.17) is 16.7 Å². The van der Waals surface area contributed by atoms with Gasteiger partial charge in [-0.1, -0.05) is 11.6 Å². The van der Waals surface area contributed by atoms with E-state index in [0.29, 0.717) is 0 Å². The average Bonchev–Trinajstić information content (AvgIpc) is 2.53. The Balaban J connectivity index is 2.49. The first-order valence-corrected chi connectivity index (χ1v) is 4.92. The molecular weight excluding hydrogens is 180 g/mol. The summed E-state index contributed by atoms with van der Waals surface area (Å²) in [5, 5.41) is 9.73. The van der Waals surface area contributed by atoms with Crippen LogP contribution in [0.25, 0.3) is 0 Å². The number of aliphatic hydroxyl groups is 1. The average molecular weight is 189 g/mol. The van der Waals surface area contributed by atoms with Gasteiger partial charge >= 0.3 is 0 Å². The fraction of sp³-hybridized carbons (Fsp3) is 0.500. The molecule has 0 fully saturated rings. The normalized spacial score (nSPS) is 15.5. The molecule has 1 nitrogen and oxygen atoms in total. The molecule has 0 unspecified atom stereocenters. The number of hydrogen-bond acceptors (Lipinski definition) is 2. The lowest BCUT2D eigenvalue weighted by Gasteiger charge is -1.92. The molecule has 3 heteroatoms. The Hall–Kier alpha value is -0.0500. The van der Waals surface area contributed by atoms with E-state index in [1.54, 1.807) is 11.3 Å². The molecule has 1 aromatic heterocycles. The maximum Gasteiger partial charge on any atom is 0.0789 e. The fourth-order valence-electron chi connectivity index (χ4n) is 1.52. The van der Waals surface area contributed by atoms with Gasteiger partial charge in [0.2, 0.25) is 0 Å². The first-order chi connectivity index (χ1) is 5.33. The van der Waals surface area contributed by atoms with Gasteiger partial charge in [-0.25, -0.2) is 0 Å². The van der Waals surface area contributed by atoms with E-state index in [2.05, 4.69) is 0 Å². The SMILES string of the molecule is OCc1sc2c(c1Cl)CCC2. The van der Waals surface area contributed by atoms with E-state index in [9.17, 15) is 0 Å². The second-order valence-corrected chi connectivity index (χ2v) is 4.32. The highest BCUT2D eigenvalue weighted by atomic mass is 35.5. The molecule has 0 aromatic carbocycles. The summed E-state index contributed by atoms with van der Waals surface area (Å²) in [6.45, 7) is 0.0937. The Morgan fingerprint density at radius 2 is 2.27 bits per heavy atom. The van der Waals surface area contributed by atoms with Crippen molar-refractivity contribution in [2.45, 2.75) is 25.9 Å². The van der Waals surface area contributed by atoms with Gasteiger partial charge in [0.15, 0.2) is 0 Å². The van der Waals surface area contributed by atoms with Crippen LogP contribution in [0.1, 0.15) is 21.7 Å². The third-order valence-electron chi connectivity index (χ3n) is 2.07. The molecular formula is C8H9ClOS. The molecule has 2 rings (SSSR count). The quantitative estimate of drug-likeness (QED) is 0.718. The zero-order chi connectivity index (χ0) is 7.84. The summed E-state index contributed by atoms with van der Waals surface area (Å²) in [5.74, 6) is 0. The topological polar surface area (TPSA) is 20.2 Å². The summed E-state index contributed by atoms with van der Waals surface area (Å²) in [6.07, 6.45) is 3.48. The van der Waals surface area contributed by atoms with Crippen LogP contribution in [0, 0.1) is 0 Å². The van der Waals surface area contributed by atoms with E-state index in [0.717, 1.165) is 22.7 Å². The number of thiophene rings is 1. The van der Waals surface area contributed by atoms with Gasteiger partial charge in [0.1, 0.15) is 0 Å². The van der Waals surface area contributed by atoms with Gasteiger partial charge in [-0.05, 0) is 24.8 Å². The molecule has 60 valence electrons. The molecule has 1 heterocycles. The lowest BCUT2D eigenvalue weighted by molar-refractivity contribution is 0.285. The highest BCUT2D eigenvalue weighted by molar-refractivity contribution is 7.12. The van der Waals surface area contributed by atoms with Crippen molar-refractivity contribution >= 4 is 22.9 Å². The summed E-state index contributed by atoms with van der Waals surface area (Å²) >= 11 is 7.69. The van der Waals surface area contributed by atoms with Crippen molar-refractivity contribution in [3.63, 3.8) is 0 Å². The van der Waals surface area contributed by atoms with E-state index in [1.807, 2.05) is 0 Å². The molecule has 0 amide bonds. The third-order valence-corrected chi connectivity index (χ3v) is 3.91. The van der Waals surface area contributed by atoms with Crippen molar-refractivity contribution in [2.75, 3.05) is 0 Å². The van der Waals surface area contributed by atoms with Gasteiger partial charge < -0.3 is 5.11 Å². The van der Waals surface area contributed by atoms with E-state index in [1.165, 1.54) is 16.9 Å². The van der Waals surface area contributed by atoms with Crippen LogP contribution in [0.15, 0.2) is 0 Å².